The molecule has 28 heavy (non-hydrogen) atoms. The average Bonchev–Trinajstić information content (AvgIpc) is 2.68. The van der Waals surface area contributed by atoms with E-state index < -0.39 is 11.7 Å². The highest BCUT2D eigenvalue weighted by molar-refractivity contribution is 5.85. The van der Waals surface area contributed by atoms with E-state index in [2.05, 4.69) is 15.7 Å². The van der Waals surface area contributed by atoms with Crippen LogP contribution in [0.1, 0.15) is 32.1 Å². The third kappa shape index (κ3) is 6.50. The minimum Gasteiger partial charge on any atom is -0.389 e. The zero-order valence-corrected chi connectivity index (χ0v) is 17.8. The maximum atomic E-state index is 13.9. The van der Waals surface area contributed by atoms with Crippen LogP contribution in [0.3, 0.4) is 0 Å². The van der Waals surface area contributed by atoms with Crippen molar-refractivity contribution in [1.29, 1.82) is 0 Å². The molecule has 4 nitrogen and oxygen atoms in total. The molecule has 1 unspecified atom stereocenters. The zero-order chi connectivity index (χ0) is 18.4. The summed E-state index contributed by atoms with van der Waals surface area (Å²) < 4.78 is 19.9. The van der Waals surface area contributed by atoms with E-state index in [4.69, 9.17) is 11.2 Å². The van der Waals surface area contributed by atoms with E-state index in [1.807, 2.05) is 12.1 Å². The van der Waals surface area contributed by atoms with Crippen molar-refractivity contribution in [2.45, 2.75) is 43.8 Å². The summed E-state index contributed by atoms with van der Waals surface area (Å²) in [5.74, 6) is 2.64. The van der Waals surface area contributed by atoms with Crippen molar-refractivity contribution in [3.8, 4) is 12.3 Å². The standard InChI is InChI=1S/C21H29FN2O2.2ClH/c1-2-21(10-6-3-7-11-21)26-17-18(25)16-23-12-14-24(15-13-23)20-9-5-4-8-19(20)22;;/h1,4-5,8-9,18,25H,3,6-7,10-17H2;2*1H. The van der Waals surface area contributed by atoms with Gasteiger partial charge in [0.1, 0.15) is 11.4 Å². The number of rotatable bonds is 6. The highest BCUT2D eigenvalue weighted by atomic mass is 35.5. The van der Waals surface area contributed by atoms with E-state index in [0.717, 1.165) is 51.9 Å². The smallest absolute Gasteiger partial charge is 0.146 e. The van der Waals surface area contributed by atoms with Gasteiger partial charge in [0.15, 0.2) is 0 Å². The number of para-hydroxylation sites is 1. The largest absolute Gasteiger partial charge is 0.389 e. The maximum Gasteiger partial charge on any atom is 0.146 e. The molecule has 0 amide bonds. The van der Waals surface area contributed by atoms with Crippen LogP contribution in [0.4, 0.5) is 10.1 Å². The summed E-state index contributed by atoms with van der Waals surface area (Å²) in [5, 5.41) is 10.4. The van der Waals surface area contributed by atoms with Gasteiger partial charge >= 0.3 is 0 Å². The molecule has 0 bridgehead atoms. The summed E-state index contributed by atoms with van der Waals surface area (Å²) in [6.07, 6.45) is 10.3. The number of ether oxygens (including phenoxy) is 1. The number of terminal acetylenes is 1. The molecule has 1 heterocycles. The van der Waals surface area contributed by atoms with Gasteiger partial charge in [0.05, 0.1) is 18.4 Å². The van der Waals surface area contributed by atoms with Gasteiger partial charge in [-0.15, -0.1) is 31.2 Å². The van der Waals surface area contributed by atoms with Crippen LogP contribution in [-0.2, 0) is 4.74 Å². The van der Waals surface area contributed by atoms with E-state index in [-0.39, 0.29) is 37.2 Å². The number of nitrogens with zero attached hydrogens (tertiary/aromatic N) is 2. The van der Waals surface area contributed by atoms with Gasteiger partial charge in [-0.1, -0.05) is 24.5 Å². The Balaban J connectivity index is 0.00000196. The van der Waals surface area contributed by atoms with Crippen molar-refractivity contribution in [2.24, 2.45) is 0 Å². The summed E-state index contributed by atoms with van der Waals surface area (Å²) >= 11 is 0. The molecule has 1 aliphatic carbocycles. The molecule has 1 N–H and O–H groups in total. The van der Waals surface area contributed by atoms with Crippen LogP contribution < -0.4 is 4.90 Å². The van der Waals surface area contributed by atoms with E-state index >= 15 is 0 Å². The van der Waals surface area contributed by atoms with E-state index in [1.54, 1.807) is 6.07 Å². The molecule has 2 fully saturated rings. The second-order valence-electron chi connectivity index (χ2n) is 7.40. The minimum absolute atomic E-state index is 0. The summed E-state index contributed by atoms with van der Waals surface area (Å²) in [5.41, 5.74) is 0.173. The Bertz CT molecular complexity index is 627. The fraction of sp³-hybridized carbons (Fsp3) is 0.619. The van der Waals surface area contributed by atoms with Crippen molar-refractivity contribution in [2.75, 3.05) is 44.2 Å². The fourth-order valence-electron chi connectivity index (χ4n) is 3.94. The number of hydrogen-bond donors (Lipinski definition) is 1. The van der Waals surface area contributed by atoms with Crippen LogP contribution in [0.2, 0.25) is 0 Å². The lowest BCUT2D eigenvalue weighted by Gasteiger charge is -2.37. The van der Waals surface area contributed by atoms with Crippen LogP contribution in [0.15, 0.2) is 24.3 Å². The molecule has 2 aliphatic rings. The van der Waals surface area contributed by atoms with Gasteiger partial charge in [-0.25, -0.2) is 4.39 Å². The second-order valence-corrected chi connectivity index (χ2v) is 7.40. The number of benzene rings is 1. The SMILES string of the molecule is C#CC1(OCC(O)CN2CCN(c3ccccc3F)CC2)CCCCC1.Cl.Cl. The number of anilines is 1. The van der Waals surface area contributed by atoms with Gasteiger partial charge in [-0.05, 0) is 37.8 Å². The second kappa shape index (κ2) is 11.8. The minimum atomic E-state index is -0.554. The molecule has 1 aliphatic heterocycles. The summed E-state index contributed by atoms with van der Waals surface area (Å²) in [4.78, 5) is 4.26. The first-order valence-corrected chi connectivity index (χ1v) is 9.63. The zero-order valence-electron chi connectivity index (χ0n) is 16.2. The Hall–Kier alpha value is -1.03. The number of β-amino-alcohol motifs (C(OH)–C–C–N with tert-alkyl or cyclic N) is 1. The van der Waals surface area contributed by atoms with Crippen LogP contribution in [-0.4, -0.2) is 61.0 Å². The topological polar surface area (TPSA) is 35.9 Å². The number of piperazine rings is 1. The number of hydrogen-bond acceptors (Lipinski definition) is 4. The van der Waals surface area contributed by atoms with Crippen LogP contribution in [0.25, 0.3) is 0 Å². The molecule has 1 atom stereocenters. The van der Waals surface area contributed by atoms with E-state index in [1.165, 1.54) is 12.5 Å². The van der Waals surface area contributed by atoms with Crippen molar-refractivity contribution in [1.82, 2.24) is 4.90 Å². The van der Waals surface area contributed by atoms with Gasteiger partial charge in [0.2, 0.25) is 0 Å². The predicted molar refractivity (Wildman–Crippen MR) is 116 cm³/mol. The molecule has 1 aromatic carbocycles. The number of aliphatic hydroxyl groups is 1. The fourth-order valence-corrected chi connectivity index (χ4v) is 3.94. The van der Waals surface area contributed by atoms with Gasteiger partial charge < -0.3 is 14.7 Å². The Morgan fingerprint density at radius 3 is 2.36 bits per heavy atom. The van der Waals surface area contributed by atoms with Crippen LogP contribution >= 0.6 is 24.8 Å². The third-order valence-electron chi connectivity index (χ3n) is 5.51. The summed E-state index contributed by atoms with van der Waals surface area (Å²) in [6.45, 7) is 3.94. The monoisotopic (exact) mass is 432 g/mol. The molecule has 1 saturated carbocycles. The highest BCUT2D eigenvalue weighted by Crippen LogP contribution is 2.31. The quantitative estimate of drug-likeness (QED) is 0.697. The lowest BCUT2D eigenvalue weighted by molar-refractivity contribution is -0.0698. The number of halogens is 3. The maximum absolute atomic E-state index is 13.9. The van der Waals surface area contributed by atoms with Gasteiger partial charge in [0, 0.05) is 32.7 Å². The first-order valence-electron chi connectivity index (χ1n) is 9.63. The Morgan fingerprint density at radius 1 is 1.11 bits per heavy atom. The average molecular weight is 433 g/mol. The summed E-state index contributed by atoms with van der Waals surface area (Å²) in [7, 11) is 0. The first-order chi connectivity index (χ1) is 12.6. The van der Waals surface area contributed by atoms with Gasteiger partial charge in [0.25, 0.3) is 0 Å². The van der Waals surface area contributed by atoms with Crippen molar-refractivity contribution >= 4 is 30.5 Å². The Labute approximate surface area is 180 Å². The lowest BCUT2D eigenvalue weighted by atomic mass is 9.85. The molecule has 158 valence electrons. The number of aliphatic hydroxyl groups excluding tert-OH is 1. The Morgan fingerprint density at radius 2 is 1.75 bits per heavy atom. The highest BCUT2D eigenvalue weighted by Gasteiger charge is 2.31. The molecule has 1 saturated heterocycles. The normalized spacial score (nSPS) is 20.4. The lowest BCUT2D eigenvalue weighted by Crippen LogP contribution is -2.49. The molecule has 0 aromatic heterocycles. The molecule has 0 spiro atoms. The van der Waals surface area contributed by atoms with Crippen molar-refractivity contribution in [3.05, 3.63) is 30.1 Å². The molecule has 7 heteroatoms. The predicted octanol–water partition coefficient (Wildman–Crippen LogP) is 3.50. The molecular formula is C21H31Cl2FN2O2. The first kappa shape index (κ1) is 25.0. The third-order valence-corrected chi connectivity index (χ3v) is 5.51. The van der Waals surface area contributed by atoms with Crippen molar-refractivity contribution < 1.29 is 14.2 Å². The van der Waals surface area contributed by atoms with E-state index in [0.29, 0.717) is 12.2 Å². The Kier molecular flexibility index (Phi) is 10.6. The van der Waals surface area contributed by atoms with Gasteiger partial charge in [-0.3, -0.25) is 4.90 Å². The molecule has 3 rings (SSSR count). The molecule has 1 aromatic rings. The summed E-state index contributed by atoms with van der Waals surface area (Å²) in [6, 6.07) is 6.88. The van der Waals surface area contributed by atoms with Crippen LogP contribution in [0.5, 0.6) is 0 Å². The molecule has 0 radical (unpaired) electrons. The van der Waals surface area contributed by atoms with E-state index in [9.17, 15) is 9.50 Å². The van der Waals surface area contributed by atoms with Gasteiger partial charge in [-0.2, -0.15) is 0 Å². The molecular weight excluding hydrogens is 402 g/mol. The van der Waals surface area contributed by atoms with Crippen molar-refractivity contribution in [3.63, 3.8) is 0 Å². The van der Waals surface area contributed by atoms with Crippen LogP contribution in [0, 0.1) is 18.2 Å².